The first-order valence-electron chi connectivity index (χ1n) is 6.00. The quantitative estimate of drug-likeness (QED) is 0.849. The molecule has 1 atom stereocenters. The predicted octanol–water partition coefficient (Wildman–Crippen LogP) is 3.53. The Morgan fingerprint density at radius 3 is 2.63 bits per heavy atom. The Morgan fingerprint density at radius 2 is 2.00 bits per heavy atom. The molecule has 0 aliphatic rings. The fraction of sp³-hybridized carbons (Fsp3) is 0.188. The van der Waals surface area contributed by atoms with E-state index in [1.54, 1.807) is 13.0 Å². The van der Waals surface area contributed by atoms with Crippen LogP contribution < -0.4 is 0 Å². The maximum atomic E-state index is 10.8. The van der Waals surface area contributed by atoms with Gasteiger partial charge in [0, 0.05) is 5.56 Å². The van der Waals surface area contributed by atoms with Gasteiger partial charge in [-0.15, -0.1) is 5.92 Å². The van der Waals surface area contributed by atoms with E-state index in [2.05, 4.69) is 11.8 Å². The number of carbonyl (C=O) groups is 1. The number of carboxylic acids is 1. The van der Waals surface area contributed by atoms with E-state index in [0.29, 0.717) is 5.76 Å². The average molecular weight is 254 g/mol. The third-order valence-electron chi connectivity index (χ3n) is 2.73. The van der Waals surface area contributed by atoms with Crippen molar-refractivity contribution in [1.29, 1.82) is 0 Å². The minimum absolute atomic E-state index is 0.0530. The van der Waals surface area contributed by atoms with E-state index in [-0.39, 0.29) is 6.42 Å². The largest absolute Gasteiger partial charge is 0.481 e. The number of hydrogen-bond acceptors (Lipinski definition) is 2. The molecule has 19 heavy (non-hydrogen) atoms. The number of carboxylic acid groups (broad SMARTS) is 1. The van der Waals surface area contributed by atoms with Crippen LogP contribution in [0.25, 0.3) is 11.3 Å². The van der Waals surface area contributed by atoms with E-state index < -0.39 is 11.9 Å². The lowest BCUT2D eigenvalue weighted by Crippen LogP contribution is -2.03. The van der Waals surface area contributed by atoms with Crippen LogP contribution in [0.4, 0.5) is 0 Å². The molecule has 0 spiro atoms. The minimum atomic E-state index is -0.884. The molecule has 3 nitrogen and oxygen atoms in total. The average Bonchev–Trinajstić information content (AvgIpc) is 2.88. The van der Waals surface area contributed by atoms with Crippen LogP contribution in [0.15, 0.2) is 46.9 Å². The lowest BCUT2D eigenvalue weighted by atomic mass is 10.0. The molecule has 1 heterocycles. The van der Waals surface area contributed by atoms with E-state index in [9.17, 15) is 4.79 Å². The Morgan fingerprint density at radius 1 is 1.26 bits per heavy atom. The van der Waals surface area contributed by atoms with Crippen LogP contribution in [-0.2, 0) is 4.79 Å². The molecule has 1 aromatic carbocycles. The molecular formula is C16H14O3. The molecule has 0 aliphatic heterocycles. The van der Waals surface area contributed by atoms with Crippen LogP contribution in [0, 0.1) is 11.8 Å². The van der Waals surface area contributed by atoms with Crippen molar-refractivity contribution in [2.24, 2.45) is 0 Å². The lowest BCUT2D eigenvalue weighted by Gasteiger charge is -2.04. The Balaban J connectivity index is 2.28. The molecular weight excluding hydrogens is 240 g/mol. The van der Waals surface area contributed by atoms with Gasteiger partial charge in [-0.1, -0.05) is 36.3 Å². The standard InChI is InChI=1S/C16H14O3/c1-2-6-13(11-16(17)18)15-10-9-14(19-15)12-7-4-3-5-8-12/h3-5,7-10,13H,11H2,1H3,(H,17,18). The first-order chi connectivity index (χ1) is 9.20. The van der Waals surface area contributed by atoms with Crippen molar-refractivity contribution in [2.75, 3.05) is 0 Å². The number of aliphatic carboxylic acids is 1. The van der Waals surface area contributed by atoms with Crippen molar-refractivity contribution in [3.63, 3.8) is 0 Å². The molecule has 0 bridgehead atoms. The molecule has 0 radical (unpaired) electrons. The number of benzene rings is 1. The zero-order valence-electron chi connectivity index (χ0n) is 10.6. The maximum Gasteiger partial charge on any atom is 0.305 e. The minimum Gasteiger partial charge on any atom is -0.481 e. The summed E-state index contributed by atoms with van der Waals surface area (Å²) in [5, 5.41) is 8.89. The molecule has 1 unspecified atom stereocenters. The molecule has 0 fully saturated rings. The van der Waals surface area contributed by atoms with Gasteiger partial charge in [-0.25, -0.2) is 0 Å². The summed E-state index contributed by atoms with van der Waals surface area (Å²) in [6.45, 7) is 1.69. The van der Waals surface area contributed by atoms with Crippen LogP contribution in [0.2, 0.25) is 0 Å². The molecule has 0 aliphatic carbocycles. The van der Waals surface area contributed by atoms with Crippen molar-refractivity contribution in [3.8, 4) is 23.2 Å². The predicted molar refractivity (Wildman–Crippen MR) is 72.6 cm³/mol. The normalized spacial score (nSPS) is 11.4. The molecule has 2 aromatic rings. The highest BCUT2D eigenvalue weighted by atomic mass is 16.4. The van der Waals surface area contributed by atoms with E-state index in [4.69, 9.17) is 9.52 Å². The molecule has 0 amide bonds. The Hall–Kier alpha value is -2.47. The van der Waals surface area contributed by atoms with Crippen LogP contribution in [0.1, 0.15) is 25.0 Å². The topological polar surface area (TPSA) is 50.4 Å². The second-order valence-electron chi connectivity index (χ2n) is 4.11. The van der Waals surface area contributed by atoms with Gasteiger partial charge in [-0.2, -0.15) is 0 Å². The van der Waals surface area contributed by atoms with Gasteiger partial charge in [0.05, 0.1) is 12.3 Å². The third kappa shape index (κ3) is 3.26. The first kappa shape index (κ1) is 13.0. The number of hydrogen-bond donors (Lipinski definition) is 1. The van der Waals surface area contributed by atoms with Gasteiger partial charge in [-0.05, 0) is 19.1 Å². The first-order valence-corrected chi connectivity index (χ1v) is 6.00. The fourth-order valence-electron chi connectivity index (χ4n) is 1.87. The van der Waals surface area contributed by atoms with Crippen LogP contribution >= 0.6 is 0 Å². The second kappa shape index (κ2) is 5.92. The molecule has 0 saturated carbocycles. The number of furan rings is 1. The molecule has 2 rings (SSSR count). The highest BCUT2D eigenvalue weighted by Crippen LogP contribution is 2.27. The Labute approximate surface area is 111 Å². The second-order valence-corrected chi connectivity index (χ2v) is 4.11. The smallest absolute Gasteiger partial charge is 0.305 e. The van der Waals surface area contributed by atoms with Gasteiger partial charge in [0.2, 0.25) is 0 Å². The molecule has 0 saturated heterocycles. The van der Waals surface area contributed by atoms with Crippen molar-refractivity contribution < 1.29 is 14.3 Å². The molecule has 3 heteroatoms. The SMILES string of the molecule is CC#CC(CC(=O)O)c1ccc(-c2ccccc2)o1. The Bertz CT molecular complexity index is 614. The van der Waals surface area contributed by atoms with E-state index in [1.807, 2.05) is 36.4 Å². The monoisotopic (exact) mass is 254 g/mol. The fourth-order valence-corrected chi connectivity index (χ4v) is 1.87. The summed E-state index contributed by atoms with van der Waals surface area (Å²) in [7, 11) is 0. The highest BCUT2D eigenvalue weighted by molar-refractivity contribution is 5.69. The highest BCUT2D eigenvalue weighted by Gasteiger charge is 2.17. The van der Waals surface area contributed by atoms with Gasteiger partial charge in [0.15, 0.2) is 0 Å². The van der Waals surface area contributed by atoms with Crippen LogP contribution in [-0.4, -0.2) is 11.1 Å². The zero-order valence-corrected chi connectivity index (χ0v) is 10.6. The summed E-state index contributed by atoms with van der Waals surface area (Å²) in [4.78, 5) is 10.8. The van der Waals surface area contributed by atoms with E-state index in [0.717, 1.165) is 11.3 Å². The maximum absolute atomic E-state index is 10.8. The van der Waals surface area contributed by atoms with Gasteiger partial charge in [-0.3, -0.25) is 4.79 Å². The van der Waals surface area contributed by atoms with Gasteiger partial charge < -0.3 is 9.52 Å². The van der Waals surface area contributed by atoms with Crippen LogP contribution in [0.5, 0.6) is 0 Å². The van der Waals surface area contributed by atoms with Crippen molar-refractivity contribution >= 4 is 5.97 Å². The molecule has 1 aromatic heterocycles. The van der Waals surface area contributed by atoms with Crippen molar-refractivity contribution in [2.45, 2.75) is 19.3 Å². The van der Waals surface area contributed by atoms with Crippen LogP contribution in [0.3, 0.4) is 0 Å². The van der Waals surface area contributed by atoms with Crippen molar-refractivity contribution in [3.05, 3.63) is 48.2 Å². The summed E-state index contributed by atoms with van der Waals surface area (Å²) < 4.78 is 5.72. The number of rotatable bonds is 4. The lowest BCUT2D eigenvalue weighted by molar-refractivity contribution is -0.137. The molecule has 1 N–H and O–H groups in total. The summed E-state index contributed by atoms with van der Waals surface area (Å²) in [6, 6.07) is 13.3. The summed E-state index contributed by atoms with van der Waals surface area (Å²) >= 11 is 0. The third-order valence-corrected chi connectivity index (χ3v) is 2.73. The van der Waals surface area contributed by atoms with Crippen molar-refractivity contribution in [1.82, 2.24) is 0 Å². The van der Waals surface area contributed by atoms with Gasteiger partial charge >= 0.3 is 5.97 Å². The van der Waals surface area contributed by atoms with E-state index >= 15 is 0 Å². The zero-order chi connectivity index (χ0) is 13.7. The summed E-state index contributed by atoms with van der Waals surface area (Å²) in [5.74, 6) is 5.65. The van der Waals surface area contributed by atoms with Gasteiger partial charge in [0.1, 0.15) is 11.5 Å². The molecule has 96 valence electrons. The van der Waals surface area contributed by atoms with Gasteiger partial charge in [0.25, 0.3) is 0 Å². The van der Waals surface area contributed by atoms with E-state index in [1.165, 1.54) is 0 Å². The Kier molecular flexibility index (Phi) is 4.04. The summed E-state index contributed by atoms with van der Waals surface area (Å²) in [6.07, 6.45) is -0.0530. The summed E-state index contributed by atoms with van der Waals surface area (Å²) in [5.41, 5.74) is 0.965.